The van der Waals surface area contributed by atoms with E-state index in [4.69, 9.17) is 0 Å². The summed E-state index contributed by atoms with van der Waals surface area (Å²) in [6.07, 6.45) is 7.64. The van der Waals surface area contributed by atoms with Crippen LogP contribution in [0.25, 0.3) is 0 Å². The van der Waals surface area contributed by atoms with Crippen molar-refractivity contribution in [2.45, 2.75) is 59.3 Å². The molecule has 0 bridgehead atoms. The van der Waals surface area contributed by atoms with Gasteiger partial charge < -0.3 is 5.32 Å². The highest BCUT2D eigenvalue weighted by atomic mass is 14.8. The minimum absolute atomic E-state index is 0.818. The van der Waals surface area contributed by atoms with Gasteiger partial charge in [0.15, 0.2) is 0 Å². The summed E-state index contributed by atoms with van der Waals surface area (Å²) in [7, 11) is 0. The Hall–Kier alpha value is -0.820. The van der Waals surface area contributed by atoms with Gasteiger partial charge in [0, 0.05) is 0 Å². The molecule has 0 aliphatic heterocycles. The lowest BCUT2D eigenvalue weighted by molar-refractivity contribution is 0.474. The van der Waals surface area contributed by atoms with E-state index in [1.807, 2.05) is 0 Å². The molecule has 1 unspecified atom stereocenters. The van der Waals surface area contributed by atoms with Crippen LogP contribution in [0.15, 0.2) is 24.3 Å². The van der Waals surface area contributed by atoms with Gasteiger partial charge in [-0.15, -0.1) is 0 Å². The molecule has 0 spiro atoms. The van der Waals surface area contributed by atoms with Gasteiger partial charge in [-0.1, -0.05) is 51.5 Å². The van der Waals surface area contributed by atoms with E-state index in [-0.39, 0.29) is 0 Å². The van der Waals surface area contributed by atoms with Gasteiger partial charge in [-0.05, 0) is 62.2 Å². The maximum atomic E-state index is 3.40. The maximum absolute atomic E-state index is 3.40. The first-order valence-corrected chi connectivity index (χ1v) is 8.04. The molecule has 1 atom stereocenters. The van der Waals surface area contributed by atoms with Crippen molar-refractivity contribution in [3.8, 4) is 0 Å². The van der Waals surface area contributed by atoms with Gasteiger partial charge in [-0.25, -0.2) is 0 Å². The standard InChI is InChI=1S/C18H31N/c1-4-6-7-17-10-12-18(13-11-17)9-8-16(3)14-15-19-5-2/h10-13,16,19H,4-9,14-15H2,1-3H3. The zero-order valence-corrected chi connectivity index (χ0v) is 13.0. The zero-order valence-electron chi connectivity index (χ0n) is 13.0. The number of benzene rings is 1. The Balaban J connectivity index is 2.25. The van der Waals surface area contributed by atoms with E-state index in [9.17, 15) is 0 Å². The smallest absolute Gasteiger partial charge is 0.00465 e. The first-order chi connectivity index (χ1) is 9.26. The van der Waals surface area contributed by atoms with Gasteiger partial charge in [0.1, 0.15) is 0 Å². The highest BCUT2D eigenvalue weighted by Crippen LogP contribution is 2.14. The van der Waals surface area contributed by atoms with Crippen molar-refractivity contribution in [2.75, 3.05) is 13.1 Å². The number of hydrogen-bond donors (Lipinski definition) is 1. The largest absolute Gasteiger partial charge is 0.317 e. The number of hydrogen-bond acceptors (Lipinski definition) is 1. The van der Waals surface area contributed by atoms with E-state index in [0.29, 0.717) is 0 Å². The fourth-order valence-corrected chi connectivity index (χ4v) is 2.34. The molecule has 0 radical (unpaired) electrons. The van der Waals surface area contributed by atoms with E-state index in [1.54, 1.807) is 0 Å². The molecule has 0 aliphatic carbocycles. The van der Waals surface area contributed by atoms with Gasteiger partial charge >= 0.3 is 0 Å². The number of aryl methyl sites for hydroxylation is 2. The molecule has 1 heteroatoms. The van der Waals surface area contributed by atoms with E-state index in [2.05, 4.69) is 50.4 Å². The van der Waals surface area contributed by atoms with Crippen molar-refractivity contribution in [3.05, 3.63) is 35.4 Å². The summed E-state index contributed by atoms with van der Waals surface area (Å²) >= 11 is 0. The van der Waals surface area contributed by atoms with Crippen LogP contribution in [-0.4, -0.2) is 13.1 Å². The SMILES string of the molecule is CCCCc1ccc(CCC(C)CCNCC)cc1. The minimum Gasteiger partial charge on any atom is -0.317 e. The molecular formula is C18H31N. The first-order valence-electron chi connectivity index (χ1n) is 8.04. The van der Waals surface area contributed by atoms with Crippen LogP contribution in [0, 0.1) is 5.92 Å². The van der Waals surface area contributed by atoms with Crippen LogP contribution in [0.4, 0.5) is 0 Å². The molecule has 0 fully saturated rings. The second kappa shape index (κ2) is 10.0. The lowest BCUT2D eigenvalue weighted by Crippen LogP contribution is -2.16. The zero-order chi connectivity index (χ0) is 13.9. The van der Waals surface area contributed by atoms with Crippen LogP contribution in [-0.2, 0) is 12.8 Å². The van der Waals surface area contributed by atoms with Gasteiger partial charge in [0.25, 0.3) is 0 Å². The van der Waals surface area contributed by atoms with Crippen molar-refractivity contribution >= 4 is 0 Å². The third-order valence-electron chi connectivity index (χ3n) is 3.83. The highest BCUT2D eigenvalue weighted by Gasteiger charge is 2.02. The Labute approximate surface area is 119 Å². The summed E-state index contributed by atoms with van der Waals surface area (Å²) in [5, 5.41) is 3.40. The van der Waals surface area contributed by atoms with Crippen molar-refractivity contribution in [1.29, 1.82) is 0 Å². The Morgan fingerprint density at radius 1 is 0.947 bits per heavy atom. The molecule has 0 saturated heterocycles. The van der Waals surface area contributed by atoms with Gasteiger partial charge in [-0.3, -0.25) is 0 Å². The van der Waals surface area contributed by atoms with Crippen LogP contribution in [0.2, 0.25) is 0 Å². The molecular weight excluding hydrogens is 230 g/mol. The lowest BCUT2D eigenvalue weighted by Gasteiger charge is -2.11. The molecule has 1 N–H and O–H groups in total. The quantitative estimate of drug-likeness (QED) is 0.607. The van der Waals surface area contributed by atoms with Crippen LogP contribution >= 0.6 is 0 Å². The Bertz CT molecular complexity index is 315. The summed E-state index contributed by atoms with van der Waals surface area (Å²) in [5.41, 5.74) is 2.99. The number of rotatable bonds is 10. The summed E-state index contributed by atoms with van der Waals surface area (Å²) < 4.78 is 0. The lowest BCUT2D eigenvalue weighted by atomic mass is 9.97. The highest BCUT2D eigenvalue weighted by molar-refractivity contribution is 5.22. The maximum Gasteiger partial charge on any atom is -0.00465 e. The molecule has 1 nitrogen and oxygen atoms in total. The van der Waals surface area contributed by atoms with Crippen molar-refractivity contribution in [1.82, 2.24) is 5.32 Å². The molecule has 0 amide bonds. The molecule has 19 heavy (non-hydrogen) atoms. The molecule has 108 valence electrons. The molecule has 1 rings (SSSR count). The fraction of sp³-hybridized carbons (Fsp3) is 0.667. The minimum atomic E-state index is 0.818. The molecule has 0 aliphatic rings. The molecule has 1 aromatic rings. The van der Waals surface area contributed by atoms with Crippen LogP contribution in [0.1, 0.15) is 57.6 Å². The Morgan fingerprint density at radius 3 is 2.16 bits per heavy atom. The number of unbranched alkanes of at least 4 members (excludes halogenated alkanes) is 1. The van der Waals surface area contributed by atoms with Gasteiger partial charge in [0.2, 0.25) is 0 Å². The van der Waals surface area contributed by atoms with Crippen LogP contribution in [0.3, 0.4) is 0 Å². The Kier molecular flexibility index (Phi) is 8.57. The third kappa shape index (κ3) is 7.37. The summed E-state index contributed by atoms with van der Waals surface area (Å²) in [5.74, 6) is 0.818. The first kappa shape index (κ1) is 16.2. The molecule has 0 saturated carbocycles. The Morgan fingerprint density at radius 2 is 1.58 bits per heavy atom. The molecule has 1 aromatic carbocycles. The molecule has 0 heterocycles. The average molecular weight is 261 g/mol. The van der Waals surface area contributed by atoms with Gasteiger partial charge in [0.05, 0.1) is 0 Å². The van der Waals surface area contributed by atoms with Crippen molar-refractivity contribution in [3.63, 3.8) is 0 Å². The van der Waals surface area contributed by atoms with E-state index < -0.39 is 0 Å². The normalized spacial score (nSPS) is 12.6. The van der Waals surface area contributed by atoms with E-state index in [0.717, 1.165) is 19.0 Å². The van der Waals surface area contributed by atoms with Crippen molar-refractivity contribution in [2.24, 2.45) is 5.92 Å². The average Bonchev–Trinajstić information content (AvgIpc) is 2.44. The number of nitrogens with one attached hydrogen (secondary N) is 1. The van der Waals surface area contributed by atoms with Crippen molar-refractivity contribution < 1.29 is 0 Å². The van der Waals surface area contributed by atoms with Crippen LogP contribution < -0.4 is 5.32 Å². The summed E-state index contributed by atoms with van der Waals surface area (Å²) in [6, 6.07) is 9.27. The third-order valence-corrected chi connectivity index (χ3v) is 3.83. The van der Waals surface area contributed by atoms with E-state index >= 15 is 0 Å². The molecule has 0 aromatic heterocycles. The predicted octanol–water partition coefficient (Wildman–Crippen LogP) is 4.60. The van der Waals surface area contributed by atoms with Crippen LogP contribution in [0.5, 0.6) is 0 Å². The van der Waals surface area contributed by atoms with Gasteiger partial charge in [-0.2, -0.15) is 0 Å². The van der Waals surface area contributed by atoms with E-state index in [1.165, 1.54) is 49.7 Å². The monoisotopic (exact) mass is 261 g/mol. The second-order valence-electron chi connectivity index (χ2n) is 5.71. The summed E-state index contributed by atoms with van der Waals surface area (Å²) in [4.78, 5) is 0. The predicted molar refractivity (Wildman–Crippen MR) is 85.7 cm³/mol. The fourth-order valence-electron chi connectivity index (χ4n) is 2.34. The topological polar surface area (TPSA) is 12.0 Å². The summed E-state index contributed by atoms with van der Waals surface area (Å²) in [6.45, 7) is 9.04. The second-order valence-corrected chi connectivity index (χ2v) is 5.71.